The molecule has 0 amide bonds. The fourth-order valence-electron chi connectivity index (χ4n) is 6.06. The van der Waals surface area contributed by atoms with E-state index in [0.717, 1.165) is 67.1 Å². The van der Waals surface area contributed by atoms with Crippen molar-refractivity contribution in [2.24, 2.45) is 5.92 Å². The van der Waals surface area contributed by atoms with Crippen molar-refractivity contribution in [1.82, 2.24) is 14.0 Å². The Hall–Kier alpha value is -4.70. The van der Waals surface area contributed by atoms with E-state index in [0.29, 0.717) is 11.3 Å². The molecular formula is C33H23N3O. The Morgan fingerprint density at radius 2 is 1.54 bits per heavy atom. The van der Waals surface area contributed by atoms with E-state index in [1.54, 1.807) is 0 Å². The first-order valence-corrected chi connectivity index (χ1v) is 12.8. The first-order valence-electron chi connectivity index (χ1n) is 12.8. The number of para-hydroxylation sites is 2. The molecule has 7 aromatic rings. The number of pyridine rings is 1. The molecule has 0 spiro atoms. The van der Waals surface area contributed by atoms with Gasteiger partial charge in [-0.3, -0.25) is 9.20 Å². The van der Waals surface area contributed by atoms with E-state index in [-0.39, 0.29) is 5.56 Å². The highest BCUT2D eigenvalue weighted by molar-refractivity contribution is 6.26. The Labute approximate surface area is 212 Å². The predicted octanol–water partition coefficient (Wildman–Crippen LogP) is 7.52. The van der Waals surface area contributed by atoms with Crippen LogP contribution >= 0.6 is 0 Å². The second-order valence-corrected chi connectivity index (χ2v) is 10.1. The number of imidazole rings is 1. The quantitative estimate of drug-likeness (QED) is 0.242. The number of fused-ring (bicyclic) bond motifs is 6. The lowest BCUT2D eigenvalue weighted by atomic mass is 9.98. The molecule has 0 N–H and O–H groups in total. The highest BCUT2D eigenvalue weighted by Gasteiger charge is 2.25. The van der Waals surface area contributed by atoms with E-state index in [1.807, 2.05) is 28.7 Å². The number of allylic oxidation sites excluding steroid dienone is 4. The first-order chi connectivity index (χ1) is 18.2. The van der Waals surface area contributed by atoms with Crippen molar-refractivity contribution in [3.8, 4) is 5.69 Å². The smallest absolute Gasteiger partial charge is 0.264 e. The zero-order chi connectivity index (χ0) is 24.7. The van der Waals surface area contributed by atoms with E-state index in [2.05, 4.69) is 90.4 Å². The van der Waals surface area contributed by atoms with Gasteiger partial charge in [0.15, 0.2) is 0 Å². The van der Waals surface area contributed by atoms with Gasteiger partial charge in [-0.1, -0.05) is 79.7 Å². The van der Waals surface area contributed by atoms with Gasteiger partial charge < -0.3 is 4.57 Å². The molecule has 1 atom stereocenters. The Morgan fingerprint density at radius 3 is 2.32 bits per heavy atom. The third-order valence-corrected chi connectivity index (χ3v) is 7.80. The molecular weight excluding hydrogens is 454 g/mol. The average molecular weight is 478 g/mol. The molecule has 8 rings (SSSR count). The third kappa shape index (κ3) is 2.73. The van der Waals surface area contributed by atoms with Crippen molar-refractivity contribution in [1.29, 1.82) is 0 Å². The number of hydrogen-bond donors (Lipinski definition) is 0. The predicted molar refractivity (Wildman–Crippen MR) is 153 cm³/mol. The highest BCUT2D eigenvalue weighted by Crippen LogP contribution is 2.41. The lowest BCUT2D eigenvalue weighted by molar-refractivity contribution is 0.738. The minimum absolute atomic E-state index is 0.0142. The molecule has 0 aliphatic heterocycles. The molecule has 0 saturated heterocycles. The van der Waals surface area contributed by atoms with Crippen LogP contribution in [0.15, 0.2) is 108 Å². The maximum absolute atomic E-state index is 14.0. The van der Waals surface area contributed by atoms with Crippen LogP contribution in [0.2, 0.25) is 0 Å². The second-order valence-electron chi connectivity index (χ2n) is 10.1. The molecule has 3 aromatic heterocycles. The Morgan fingerprint density at radius 1 is 0.811 bits per heavy atom. The van der Waals surface area contributed by atoms with Crippen molar-refractivity contribution in [2.75, 3.05) is 0 Å². The molecule has 4 nitrogen and oxygen atoms in total. The van der Waals surface area contributed by atoms with Crippen LogP contribution in [0.3, 0.4) is 0 Å². The van der Waals surface area contributed by atoms with Gasteiger partial charge in [-0.15, -0.1) is 0 Å². The van der Waals surface area contributed by atoms with Gasteiger partial charge in [0.05, 0.1) is 16.6 Å². The highest BCUT2D eigenvalue weighted by atomic mass is 16.1. The van der Waals surface area contributed by atoms with Crippen molar-refractivity contribution < 1.29 is 0 Å². The van der Waals surface area contributed by atoms with Gasteiger partial charge in [0.25, 0.3) is 5.56 Å². The average Bonchev–Trinajstić information content (AvgIpc) is 3.49. The summed E-state index contributed by atoms with van der Waals surface area (Å²) in [5.74, 6) is 1.21. The molecule has 37 heavy (non-hydrogen) atoms. The van der Waals surface area contributed by atoms with Crippen LogP contribution in [0, 0.1) is 5.92 Å². The summed E-state index contributed by atoms with van der Waals surface area (Å²) < 4.78 is 4.17. The zero-order valence-electron chi connectivity index (χ0n) is 20.3. The van der Waals surface area contributed by atoms with E-state index in [4.69, 9.17) is 4.98 Å². The number of nitrogens with zero attached hydrogens (tertiary/aromatic N) is 3. The fraction of sp³-hybridized carbons (Fsp3) is 0.0909. The van der Waals surface area contributed by atoms with Crippen LogP contribution in [0.5, 0.6) is 0 Å². The van der Waals surface area contributed by atoms with Crippen LogP contribution in [-0.4, -0.2) is 14.0 Å². The maximum Gasteiger partial charge on any atom is 0.264 e. The molecule has 176 valence electrons. The zero-order valence-corrected chi connectivity index (χ0v) is 20.3. The van der Waals surface area contributed by atoms with Gasteiger partial charge in [0.1, 0.15) is 11.3 Å². The summed E-state index contributed by atoms with van der Waals surface area (Å²) in [6, 6.07) is 29.2. The lowest BCUT2D eigenvalue weighted by Crippen LogP contribution is -2.15. The third-order valence-electron chi connectivity index (χ3n) is 7.80. The van der Waals surface area contributed by atoms with Crippen LogP contribution in [0.4, 0.5) is 0 Å². The largest absolute Gasteiger partial charge is 0.309 e. The Bertz CT molecular complexity index is 2140. The summed E-state index contributed by atoms with van der Waals surface area (Å²) in [7, 11) is 0. The van der Waals surface area contributed by atoms with Crippen LogP contribution in [-0.2, 0) is 0 Å². The molecule has 0 radical (unpaired) electrons. The molecule has 4 heteroatoms. The summed E-state index contributed by atoms with van der Waals surface area (Å²) in [5.41, 5.74) is 6.10. The molecule has 0 saturated carbocycles. The number of aromatic nitrogens is 3. The normalized spacial score (nSPS) is 16.0. The standard InChI is InChI=1S/C33H23N3O/c1-20-15-17-21(18-16-20)32-34-30-29-25-13-7-8-14-27(25)35(22-9-3-2-4-10-22)28(29)19-26-23-11-5-6-12-24(23)33(37)36(32)31(26)30/h2-15,17-20H,16H2,1H3. The Kier molecular flexibility index (Phi) is 4.10. The minimum atomic E-state index is -0.0142. The molecule has 0 fully saturated rings. The molecule has 1 aliphatic rings. The van der Waals surface area contributed by atoms with Crippen molar-refractivity contribution in [3.63, 3.8) is 0 Å². The molecule has 1 unspecified atom stereocenters. The van der Waals surface area contributed by atoms with E-state index < -0.39 is 0 Å². The van der Waals surface area contributed by atoms with Gasteiger partial charge in [-0.05, 0) is 48.1 Å². The number of benzene rings is 4. The fourth-order valence-corrected chi connectivity index (χ4v) is 6.06. The van der Waals surface area contributed by atoms with E-state index in [1.165, 1.54) is 0 Å². The SMILES string of the molecule is CC1C=CC(c2nc3c4c5ccccc5n(-c5ccccc5)c4cc4c5ccccc5c(=O)n2c43)=CC1. The number of rotatable bonds is 2. The summed E-state index contributed by atoms with van der Waals surface area (Å²) in [6.45, 7) is 2.21. The van der Waals surface area contributed by atoms with Crippen LogP contribution in [0.1, 0.15) is 19.2 Å². The monoisotopic (exact) mass is 477 g/mol. The summed E-state index contributed by atoms with van der Waals surface area (Å²) in [6.07, 6.45) is 7.49. The van der Waals surface area contributed by atoms with Gasteiger partial charge in [-0.2, -0.15) is 0 Å². The van der Waals surface area contributed by atoms with Gasteiger partial charge >= 0.3 is 0 Å². The molecule has 4 aromatic carbocycles. The maximum atomic E-state index is 14.0. The second kappa shape index (κ2) is 7.40. The van der Waals surface area contributed by atoms with Crippen molar-refractivity contribution in [2.45, 2.75) is 13.3 Å². The van der Waals surface area contributed by atoms with Crippen molar-refractivity contribution >= 4 is 54.6 Å². The topological polar surface area (TPSA) is 39.3 Å². The van der Waals surface area contributed by atoms with Crippen molar-refractivity contribution in [3.05, 3.63) is 119 Å². The first kappa shape index (κ1) is 20.5. The molecule has 3 heterocycles. The number of hydrogen-bond acceptors (Lipinski definition) is 2. The van der Waals surface area contributed by atoms with Gasteiger partial charge in [-0.25, -0.2) is 4.98 Å². The summed E-state index contributed by atoms with van der Waals surface area (Å²) in [5, 5.41) is 4.94. The van der Waals surface area contributed by atoms with E-state index >= 15 is 0 Å². The van der Waals surface area contributed by atoms with Gasteiger partial charge in [0, 0.05) is 32.8 Å². The summed E-state index contributed by atoms with van der Waals surface area (Å²) >= 11 is 0. The lowest BCUT2D eigenvalue weighted by Gasteiger charge is -2.12. The molecule has 0 bridgehead atoms. The minimum Gasteiger partial charge on any atom is -0.309 e. The molecule has 1 aliphatic carbocycles. The van der Waals surface area contributed by atoms with Crippen LogP contribution in [0.25, 0.3) is 60.3 Å². The van der Waals surface area contributed by atoms with Crippen LogP contribution < -0.4 is 5.56 Å². The Balaban J connectivity index is 1.65. The van der Waals surface area contributed by atoms with Gasteiger partial charge in [0.2, 0.25) is 0 Å². The summed E-state index contributed by atoms with van der Waals surface area (Å²) in [4.78, 5) is 19.2. The van der Waals surface area contributed by atoms with E-state index in [9.17, 15) is 4.79 Å².